The Kier molecular flexibility index (Phi) is 9.29. The van der Waals surface area contributed by atoms with Gasteiger partial charge in [-0.3, -0.25) is 9.78 Å². The van der Waals surface area contributed by atoms with Crippen LogP contribution >= 0.6 is 0 Å². The summed E-state index contributed by atoms with van der Waals surface area (Å²) in [6.45, 7) is 1.54. The number of aromatic amines is 1. The molecule has 0 aliphatic heterocycles. The summed E-state index contributed by atoms with van der Waals surface area (Å²) < 4.78 is 24.8. The highest BCUT2D eigenvalue weighted by Crippen LogP contribution is 2.27. The van der Waals surface area contributed by atoms with Crippen LogP contribution in [0.2, 0.25) is 0 Å². The smallest absolute Gasteiger partial charge is 0.354 e. The van der Waals surface area contributed by atoms with Gasteiger partial charge in [0.2, 0.25) is 0 Å². The van der Waals surface area contributed by atoms with Gasteiger partial charge < -0.3 is 19.6 Å². The second-order valence-electron chi connectivity index (χ2n) is 8.27. The van der Waals surface area contributed by atoms with Crippen molar-refractivity contribution < 1.29 is 28.6 Å². The number of halogens is 1. The zero-order valence-corrected chi connectivity index (χ0v) is 19.7. The lowest BCUT2D eigenvalue weighted by Crippen LogP contribution is -2.08. The molecule has 0 saturated carbocycles. The zero-order chi connectivity index (χ0) is 25.5. The molecule has 0 spiro atoms. The van der Waals surface area contributed by atoms with Crippen molar-refractivity contribution in [3.05, 3.63) is 101 Å². The highest BCUT2D eigenvalue weighted by molar-refractivity contribution is 5.89. The molecule has 4 aromatic rings. The summed E-state index contributed by atoms with van der Waals surface area (Å²) in [5.41, 5.74) is 3.65. The van der Waals surface area contributed by atoms with Crippen LogP contribution in [0.5, 0.6) is 11.5 Å². The summed E-state index contributed by atoms with van der Waals surface area (Å²) in [5, 5.41) is 8.78. The quantitative estimate of drug-likeness (QED) is 0.278. The number of carbonyl (C=O) groups excluding carboxylic acids is 2. The third-order valence-corrected chi connectivity index (χ3v) is 5.40. The number of nitrogens with zero attached hydrogens (tertiary/aromatic N) is 1. The summed E-state index contributed by atoms with van der Waals surface area (Å²) in [6, 6.07) is 17.0. The highest BCUT2D eigenvalue weighted by atomic mass is 19.1. The molecular formula is C29H29FN2O5. The molecule has 0 radical (unpaired) electrons. The minimum atomic E-state index is -0.565. The maximum Gasteiger partial charge on any atom is 0.354 e. The number of nitrogens with one attached hydrogen (secondary N) is 1. The van der Waals surface area contributed by atoms with Crippen LogP contribution in [0.4, 0.5) is 4.39 Å². The van der Waals surface area contributed by atoms with Gasteiger partial charge in [0.25, 0.3) is 0 Å². The maximum absolute atomic E-state index is 13.9. The predicted octanol–water partition coefficient (Wildman–Crippen LogP) is 5.46. The van der Waals surface area contributed by atoms with E-state index in [-0.39, 0.29) is 50.8 Å². The van der Waals surface area contributed by atoms with E-state index >= 15 is 0 Å². The second-order valence-corrected chi connectivity index (χ2v) is 8.27. The molecule has 2 heterocycles. The molecule has 0 amide bonds. The lowest BCUT2D eigenvalue weighted by molar-refractivity contribution is -0.117. The van der Waals surface area contributed by atoms with Crippen molar-refractivity contribution in [1.29, 1.82) is 0 Å². The molecule has 2 N–H and O–H groups in total. The van der Waals surface area contributed by atoms with E-state index in [0.29, 0.717) is 28.3 Å². The van der Waals surface area contributed by atoms with Gasteiger partial charge in [-0.15, -0.1) is 0 Å². The number of H-pyrrole nitrogens is 1. The van der Waals surface area contributed by atoms with E-state index in [1.807, 2.05) is 6.92 Å². The Labute approximate surface area is 214 Å². The first-order valence-electron chi connectivity index (χ1n) is 11.4. The van der Waals surface area contributed by atoms with Crippen molar-refractivity contribution in [1.82, 2.24) is 9.97 Å². The largest absolute Gasteiger partial charge is 0.459 e. The molecule has 0 bridgehead atoms. The van der Waals surface area contributed by atoms with Gasteiger partial charge in [0.15, 0.2) is 0 Å². The fraction of sp³-hybridized carbons (Fsp3) is 0.207. The van der Waals surface area contributed by atoms with Gasteiger partial charge >= 0.3 is 5.97 Å². The molecule has 7 nitrogen and oxygen atoms in total. The van der Waals surface area contributed by atoms with Crippen LogP contribution in [0.3, 0.4) is 0 Å². The summed E-state index contributed by atoms with van der Waals surface area (Å²) in [5.74, 6) is 0.120. The number of carbonyl (C=O) groups is 2. The molecule has 192 valence electrons. The Morgan fingerprint density at radius 3 is 2.54 bits per heavy atom. The van der Waals surface area contributed by atoms with E-state index in [4.69, 9.17) is 14.6 Å². The Bertz CT molecular complexity index is 1360. The molecule has 0 fully saturated rings. The summed E-state index contributed by atoms with van der Waals surface area (Å²) in [7, 11) is 0. The average molecular weight is 505 g/mol. The van der Waals surface area contributed by atoms with Crippen LogP contribution < -0.4 is 4.74 Å². The Morgan fingerprint density at radius 2 is 1.78 bits per heavy atom. The normalized spacial score (nSPS) is 10.5. The topological polar surface area (TPSA) is 102 Å². The number of pyridine rings is 1. The predicted molar refractivity (Wildman–Crippen MR) is 138 cm³/mol. The van der Waals surface area contributed by atoms with Gasteiger partial charge in [-0.1, -0.05) is 37.3 Å². The van der Waals surface area contributed by atoms with E-state index in [2.05, 4.69) is 9.97 Å². The van der Waals surface area contributed by atoms with Crippen molar-refractivity contribution in [3.8, 4) is 22.8 Å². The Balaban J connectivity index is 0.00000380. The number of ether oxygens (including phenoxy) is 2. The van der Waals surface area contributed by atoms with Crippen LogP contribution in [-0.2, 0) is 22.4 Å². The fourth-order valence-corrected chi connectivity index (χ4v) is 3.66. The van der Waals surface area contributed by atoms with E-state index < -0.39 is 5.97 Å². The first-order chi connectivity index (χ1) is 17.4. The number of benzene rings is 2. The highest BCUT2D eigenvalue weighted by Gasteiger charge is 2.13. The standard InChI is InChI=1S/C28H25FN2O5.CH4/c1-18-2-7-25(29)20(12-18)14-22(33)13-19-3-5-23(6-4-19)36-24-8-9-30-26(16-24)21-15-27(31-17-21)28(34)35-11-10-32;/h2-9,12,15-17,31-32H,10-11,13-14H2,1H3;1H4. The van der Waals surface area contributed by atoms with Crippen molar-refractivity contribution in [2.45, 2.75) is 27.2 Å². The van der Waals surface area contributed by atoms with Gasteiger partial charge in [0.1, 0.15) is 35.4 Å². The number of ketones is 1. The molecule has 0 atom stereocenters. The first kappa shape index (κ1) is 27.3. The molecule has 0 unspecified atom stereocenters. The van der Waals surface area contributed by atoms with Crippen molar-refractivity contribution >= 4 is 11.8 Å². The van der Waals surface area contributed by atoms with Crippen LogP contribution in [0.15, 0.2) is 73.1 Å². The first-order valence-corrected chi connectivity index (χ1v) is 11.4. The van der Waals surface area contributed by atoms with E-state index in [1.54, 1.807) is 67.0 Å². The van der Waals surface area contributed by atoms with Gasteiger partial charge in [-0.25, -0.2) is 9.18 Å². The maximum atomic E-state index is 13.9. The number of esters is 1. The number of aromatic nitrogens is 2. The molecule has 4 rings (SSSR count). The van der Waals surface area contributed by atoms with Crippen molar-refractivity contribution in [2.24, 2.45) is 0 Å². The lowest BCUT2D eigenvalue weighted by atomic mass is 10.0. The van der Waals surface area contributed by atoms with Gasteiger partial charge in [-0.05, 0) is 48.4 Å². The van der Waals surface area contributed by atoms with Crippen molar-refractivity contribution in [3.63, 3.8) is 0 Å². The molecule has 2 aromatic heterocycles. The lowest BCUT2D eigenvalue weighted by Gasteiger charge is -2.08. The number of hydrogen-bond donors (Lipinski definition) is 2. The van der Waals surface area contributed by atoms with E-state index in [0.717, 1.165) is 11.1 Å². The number of Topliss-reactive ketones (excluding diaryl/α,β-unsaturated/α-hetero) is 1. The third kappa shape index (κ3) is 7.35. The van der Waals surface area contributed by atoms with Crippen LogP contribution in [0.1, 0.15) is 34.6 Å². The second kappa shape index (κ2) is 12.6. The molecule has 2 aromatic carbocycles. The van der Waals surface area contributed by atoms with Crippen LogP contribution in [0, 0.1) is 12.7 Å². The molecule has 0 aliphatic rings. The monoisotopic (exact) mass is 504 g/mol. The van der Waals surface area contributed by atoms with Crippen LogP contribution in [-0.4, -0.2) is 40.0 Å². The molecule has 0 aliphatic carbocycles. The molecule has 37 heavy (non-hydrogen) atoms. The van der Waals surface area contributed by atoms with Gasteiger partial charge in [-0.2, -0.15) is 0 Å². The van der Waals surface area contributed by atoms with Gasteiger partial charge in [0, 0.05) is 36.9 Å². The van der Waals surface area contributed by atoms with E-state index in [9.17, 15) is 14.0 Å². The third-order valence-electron chi connectivity index (χ3n) is 5.40. The Morgan fingerprint density at radius 1 is 1.00 bits per heavy atom. The summed E-state index contributed by atoms with van der Waals surface area (Å²) in [6.07, 6.45) is 3.48. The zero-order valence-electron chi connectivity index (χ0n) is 19.7. The molecule has 0 saturated heterocycles. The average Bonchev–Trinajstić information content (AvgIpc) is 3.37. The summed E-state index contributed by atoms with van der Waals surface area (Å²) in [4.78, 5) is 31.5. The van der Waals surface area contributed by atoms with Crippen molar-refractivity contribution in [2.75, 3.05) is 13.2 Å². The number of hydrogen-bond acceptors (Lipinski definition) is 6. The van der Waals surface area contributed by atoms with Crippen LogP contribution in [0.25, 0.3) is 11.3 Å². The summed E-state index contributed by atoms with van der Waals surface area (Å²) >= 11 is 0. The number of aliphatic hydroxyl groups is 1. The minimum Gasteiger partial charge on any atom is -0.459 e. The van der Waals surface area contributed by atoms with Gasteiger partial charge in [0.05, 0.1) is 12.3 Å². The number of aryl methyl sites for hydroxylation is 1. The van der Waals surface area contributed by atoms with E-state index in [1.165, 1.54) is 6.07 Å². The number of rotatable bonds is 10. The minimum absolute atomic E-state index is 0. The Hall–Kier alpha value is -4.30. The fourth-order valence-electron chi connectivity index (χ4n) is 3.66. The molecular weight excluding hydrogens is 475 g/mol. The number of aliphatic hydroxyl groups excluding tert-OH is 1. The SMILES string of the molecule is C.Cc1ccc(F)c(CC(=O)Cc2ccc(Oc3ccnc(-c4c[nH]c(C(=O)OCCO)c4)c3)cc2)c1. The molecule has 8 heteroatoms.